The van der Waals surface area contributed by atoms with E-state index in [9.17, 15) is 14.4 Å². The Kier molecular flexibility index (Phi) is 7.38. The molecule has 2 N–H and O–H groups in total. The first-order valence-corrected chi connectivity index (χ1v) is 9.26. The minimum Gasteiger partial charge on any atom is -0.354 e. The van der Waals surface area contributed by atoms with Crippen molar-refractivity contribution in [2.75, 3.05) is 18.2 Å². The zero-order valence-corrected chi connectivity index (χ0v) is 15.6. The molecule has 0 aromatic rings. The lowest BCUT2D eigenvalue weighted by Crippen LogP contribution is -2.53. The number of thioether (sulfide) groups is 1. The Balaban J connectivity index is 2.60. The fraction of sp³-hybridized carbons (Fsp3) is 0.812. The van der Waals surface area contributed by atoms with Crippen LogP contribution in [0.25, 0.3) is 0 Å². The highest BCUT2D eigenvalue weighted by Crippen LogP contribution is 2.26. The van der Waals surface area contributed by atoms with Gasteiger partial charge >= 0.3 is 0 Å². The van der Waals surface area contributed by atoms with Crippen molar-refractivity contribution in [1.29, 1.82) is 0 Å². The molecule has 0 aromatic carbocycles. The molecule has 0 bridgehead atoms. The summed E-state index contributed by atoms with van der Waals surface area (Å²) in [5, 5.41) is 5.47. The van der Waals surface area contributed by atoms with Crippen LogP contribution in [0.4, 0.5) is 0 Å². The van der Waals surface area contributed by atoms with Crippen molar-refractivity contribution in [2.45, 2.75) is 59.5 Å². The van der Waals surface area contributed by atoms with Gasteiger partial charge < -0.3 is 15.5 Å². The summed E-state index contributed by atoms with van der Waals surface area (Å²) in [6, 6.07) is -1.09. The van der Waals surface area contributed by atoms with Crippen molar-refractivity contribution >= 4 is 29.5 Å². The van der Waals surface area contributed by atoms with Crippen LogP contribution in [0, 0.1) is 5.41 Å². The predicted octanol–water partition coefficient (Wildman–Crippen LogP) is 1.35. The van der Waals surface area contributed by atoms with Crippen LogP contribution in [0.1, 0.15) is 47.5 Å². The van der Waals surface area contributed by atoms with Gasteiger partial charge in [0.2, 0.25) is 17.7 Å². The number of carbonyl (C=O) groups is 3. The maximum atomic E-state index is 12.4. The number of rotatable bonds is 6. The smallest absolute Gasteiger partial charge is 0.244 e. The number of nitrogens with one attached hydrogen (secondary N) is 2. The average molecular weight is 343 g/mol. The number of carbonyl (C=O) groups excluding carboxylic acids is 3. The Morgan fingerprint density at radius 1 is 1.30 bits per heavy atom. The minimum absolute atomic E-state index is 0.00858. The molecule has 132 valence electrons. The second-order valence-electron chi connectivity index (χ2n) is 7.14. The molecule has 1 saturated heterocycles. The van der Waals surface area contributed by atoms with Crippen molar-refractivity contribution in [3.8, 4) is 0 Å². The zero-order chi connectivity index (χ0) is 17.6. The van der Waals surface area contributed by atoms with Gasteiger partial charge in [0.1, 0.15) is 12.1 Å². The molecule has 0 spiro atoms. The Bertz CT molecular complexity index is 448. The van der Waals surface area contributed by atoms with Gasteiger partial charge in [-0.2, -0.15) is 0 Å². The molecule has 23 heavy (non-hydrogen) atoms. The zero-order valence-electron chi connectivity index (χ0n) is 14.8. The van der Waals surface area contributed by atoms with E-state index in [1.165, 1.54) is 0 Å². The van der Waals surface area contributed by atoms with Crippen molar-refractivity contribution in [2.24, 2.45) is 5.41 Å². The molecular weight excluding hydrogens is 314 g/mol. The summed E-state index contributed by atoms with van der Waals surface area (Å²) in [6.45, 7) is 10.2. The second-order valence-corrected chi connectivity index (χ2v) is 8.14. The molecule has 0 radical (unpaired) electrons. The van der Waals surface area contributed by atoms with Gasteiger partial charge in [-0.05, 0) is 18.8 Å². The van der Waals surface area contributed by atoms with E-state index in [2.05, 4.69) is 10.6 Å². The highest BCUT2D eigenvalue weighted by molar-refractivity contribution is 7.99. The first kappa shape index (κ1) is 19.8. The molecule has 2 atom stereocenters. The molecule has 7 heteroatoms. The molecule has 0 unspecified atom stereocenters. The van der Waals surface area contributed by atoms with Gasteiger partial charge in [0.25, 0.3) is 0 Å². The molecule has 3 amide bonds. The molecule has 1 aliphatic heterocycles. The van der Waals surface area contributed by atoms with Gasteiger partial charge in [0, 0.05) is 18.7 Å². The van der Waals surface area contributed by atoms with Crippen molar-refractivity contribution < 1.29 is 14.4 Å². The summed E-state index contributed by atoms with van der Waals surface area (Å²) >= 11 is 1.57. The van der Waals surface area contributed by atoms with Gasteiger partial charge in [-0.15, -0.1) is 11.8 Å². The summed E-state index contributed by atoms with van der Waals surface area (Å²) in [5.41, 5.74) is -0.112. The molecule has 6 nitrogen and oxygen atoms in total. The minimum atomic E-state index is -0.598. The van der Waals surface area contributed by atoms with Crippen LogP contribution >= 0.6 is 11.8 Å². The van der Waals surface area contributed by atoms with Crippen LogP contribution in [0.5, 0.6) is 0 Å². The maximum Gasteiger partial charge on any atom is 0.244 e. The second kappa shape index (κ2) is 8.57. The molecule has 0 aromatic heterocycles. The summed E-state index contributed by atoms with van der Waals surface area (Å²) in [5.74, 6) is 0.648. The van der Waals surface area contributed by atoms with Crippen LogP contribution in [0.2, 0.25) is 0 Å². The van der Waals surface area contributed by atoms with Crippen LogP contribution < -0.4 is 10.6 Å². The average Bonchev–Trinajstić information content (AvgIpc) is 2.92. The fourth-order valence-electron chi connectivity index (χ4n) is 2.24. The Morgan fingerprint density at radius 2 is 1.96 bits per heavy atom. The van der Waals surface area contributed by atoms with Gasteiger partial charge in [0.15, 0.2) is 0 Å². The molecule has 1 heterocycles. The molecule has 0 saturated carbocycles. The van der Waals surface area contributed by atoms with Crippen molar-refractivity contribution in [3.63, 3.8) is 0 Å². The predicted molar refractivity (Wildman–Crippen MR) is 92.9 cm³/mol. The van der Waals surface area contributed by atoms with Crippen LogP contribution in [0.3, 0.4) is 0 Å². The topological polar surface area (TPSA) is 78.5 Å². The largest absolute Gasteiger partial charge is 0.354 e. The normalized spacial score (nSPS) is 19.3. The van der Waals surface area contributed by atoms with Gasteiger partial charge in [-0.3, -0.25) is 14.4 Å². The first-order chi connectivity index (χ1) is 10.7. The highest BCUT2D eigenvalue weighted by atomic mass is 32.2. The van der Waals surface area contributed by atoms with Crippen LogP contribution in [0.15, 0.2) is 0 Å². The Labute approximate surface area is 143 Å². The Hall–Kier alpha value is -1.24. The van der Waals surface area contributed by atoms with Gasteiger partial charge in [-0.1, -0.05) is 27.7 Å². The van der Waals surface area contributed by atoms with Gasteiger partial charge in [0.05, 0.1) is 5.88 Å². The summed E-state index contributed by atoms with van der Waals surface area (Å²) in [4.78, 5) is 38.3. The van der Waals surface area contributed by atoms with E-state index in [4.69, 9.17) is 0 Å². The van der Waals surface area contributed by atoms with E-state index in [1.54, 1.807) is 23.6 Å². The van der Waals surface area contributed by atoms with E-state index in [-0.39, 0.29) is 23.1 Å². The summed E-state index contributed by atoms with van der Waals surface area (Å²) in [6.07, 6.45) is 1.25. The standard InChI is InChI=1S/C16H29N3O3S/c1-6-7-17-14(21)11(2)18-15(22)12-9-23-10-19(12)13(20)8-16(3,4)5/h11-12H,6-10H2,1-5H3,(H,17,21)(H,18,22)/t11-,12-/m1/s1. The molecular formula is C16H29N3O3S. The SMILES string of the molecule is CCCNC(=O)[C@@H](C)NC(=O)[C@H]1CSCN1C(=O)CC(C)(C)C. The van der Waals surface area contributed by atoms with Crippen LogP contribution in [-0.4, -0.2) is 52.9 Å². The fourth-order valence-corrected chi connectivity index (χ4v) is 3.42. The third-order valence-corrected chi connectivity index (χ3v) is 4.50. The highest BCUT2D eigenvalue weighted by Gasteiger charge is 2.36. The lowest BCUT2D eigenvalue weighted by molar-refractivity contribution is -0.140. The maximum absolute atomic E-state index is 12.4. The van der Waals surface area contributed by atoms with Crippen molar-refractivity contribution in [3.05, 3.63) is 0 Å². The first-order valence-electron chi connectivity index (χ1n) is 8.11. The lowest BCUT2D eigenvalue weighted by Gasteiger charge is -2.27. The van der Waals surface area contributed by atoms with E-state index < -0.39 is 12.1 Å². The third kappa shape index (κ3) is 6.41. The van der Waals surface area contributed by atoms with Crippen LogP contribution in [-0.2, 0) is 14.4 Å². The molecule has 1 rings (SSSR count). The summed E-state index contributed by atoms with van der Waals surface area (Å²) in [7, 11) is 0. The number of amides is 3. The number of nitrogens with zero attached hydrogens (tertiary/aromatic N) is 1. The number of hydrogen-bond donors (Lipinski definition) is 2. The van der Waals surface area contributed by atoms with Gasteiger partial charge in [-0.25, -0.2) is 0 Å². The monoisotopic (exact) mass is 343 g/mol. The van der Waals surface area contributed by atoms with Crippen molar-refractivity contribution in [1.82, 2.24) is 15.5 Å². The van der Waals surface area contributed by atoms with E-state index in [0.717, 1.165) is 6.42 Å². The third-order valence-electron chi connectivity index (χ3n) is 3.49. The molecule has 1 aliphatic rings. The Morgan fingerprint density at radius 3 is 2.52 bits per heavy atom. The lowest BCUT2D eigenvalue weighted by atomic mass is 9.91. The number of hydrogen-bond acceptors (Lipinski definition) is 4. The molecule has 0 aliphatic carbocycles. The summed E-state index contributed by atoms with van der Waals surface area (Å²) < 4.78 is 0. The van der Waals surface area contributed by atoms with E-state index in [1.807, 2.05) is 27.7 Å². The van der Waals surface area contributed by atoms with E-state index in [0.29, 0.717) is 24.6 Å². The van der Waals surface area contributed by atoms with E-state index >= 15 is 0 Å². The molecule has 1 fully saturated rings. The quantitative estimate of drug-likeness (QED) is 0.763.